The smallest absolute Gasteiger partial charge is 0.269 e. The molecule has 0 atom stereocenters. The van der Waals surface area contributed by atoms with Crippen LogP contribution in [-0.4, -0.2) is 15.9 Å². The van der Waals surface area contributed by atoms with Gasteiger partial charge in [0.15, 0.2) is 0 Å². The number of oxazole rings is 1. The molecule has 1 heterocycles. The minimum atomic E-state index is -0.472. The Hall–Kier alpha value is -2.88. The summed E-state index contributed by atoms with van der Waals surface area (Å²) in [6.45, 7) is 0. The highest BCUT2D eigenvalue weighted by atomic mass is 16.6. The first-order valence-corrected chi connectivity index (χ1v) is 6.09. The average Bonchev–Trinajstić information content (AvgIpc) is 3.17. The summed E-state index contributed by atoms with van der Waals surface area (Å²) in [6, 6.07) is 8.16. The number of aromatic nitrogens is 1. The normalized spacial score (nSPS) is 13.8. The molecule has 0 unspecified atom stereocenters. The fourth-order valence-corrected chi connectivity index (χ4v) is 1.76. The Bertz CT molecular complexity index is 695. The molecule has 0 aliphatic heterocycles. The summed E-state index contributed by atoms with van der Waals surface area (Å²) in [5.74, 6) is 0.642. The topological polar surface area (TPSA) is 105 Å². The van der Waals surface area contributed by atoms with Crippen LogP contribution in [0, 0.1) is 21.4 Å². The second kappa shape index (κ2) is 4.66. The summed E-state index contributed by atoms with van der Waals surface area (Å²) < 4.78 is 5.53. The zero-order valence-corrected chi connectivity index (χ0v) is 10.4. The van der Waals surface area contributed by atoms with E-state index in [-0.39, 0.29) is 17.3 Å². The molecule has 1 fully saturated rings. The number of nitrogens with zero attached hydrogens (tertiary/aromatic N) is 3. The second-order valence-electron chi connectivity index (χ2n) is 4.53. The van der Waals surface area contributed by atoms with Gasteiger partial charge in [-0.1, -0.05) is 0 Å². The van der Waals surface area contributed by atoms with Crippen molar-refractivity contribution in [1.29, 1.82) is 5.26 Å². The molecule has 2 aromatic rings. The maximum Gasteiger partial charge on any atom is 0.269 e. The maximum absolute atomic E-state index is 10.6. The molecule has 0 bridgehead atoms. The first-order valence-electron chi connectivity index (χ1n) is 6.09. The standard InChI is InChI=1S/C13H10N4O3/c14-7-11-13(15-9-3-4-9)20-12(16-11)8-1-5-10(6-2-8)17(18)19/h1-2,5-6,9,15H,3-4H2. The van der Waals surface area contributed by atoms with Gasteiger partial charge in [0, 0.05) is 23.7 Å². The van der Waals surface area contributed by atoms with E-state index in [1.54, 1.807) is 12.1 Å². The first kappa shape index (κ1) is 12.2. The summed E-state index contributed by atoms with van der Waals surface area (Å²) in [5.41, 5.74) is 0.790. The van der Waals surface area contributed by atoms with E-state index in [0.717, 1.165) is 12.8 Å². The highest BCUT2D eigenvalue weighted by Gasteiger charge is 2.25. The summed E-state index contributed by atoms with van der Waals surface area (Å²) in [6.07, 6.45) is 2.11. The van der Waals surface area contributed by atoms with Crippen molar-refractivity contribution in [2.45, 2.75) is 18.9 Å². The van der Waals surface area contributed by atoms with E-state index in [4.69, 9.17) is 9.68 Å². The van der Waals surface area contributed by atoms with Gasteiger partial charge in [0.1, 0.15) is 6.07 Å². The molecular weight excluding hydrogens is 260 g/mol. The molecule has 7 nitrogen and oxygen atoms in total. The third kappa shape index (κ3) is 2.31. The SMILES string of the molecule is N#Cc1nc(-c2ccc([N+](=O)[O-])cc2)oc1NC1CC1. The minimum absolute atomic E-state index is 0.00265. The molecule has 1 aromatic carbocycles. The molecule has 0 amide bonds. The van der Waals surface area contributed by atoms with Crippen molar-refractivity contribution in [1.82, 2.24) is 4.98 Å². The lowest BCUT2D eigenvalue weighted by atomic mass is 10.2. The van der Waals surface area contributed by atoms with Crippen LogP contribution in [0.3, 0.4) is 0 Å². The van der Waals surface area contributed by atoms with E-state index in [1.807, 2.05) is 6.07 Å². The van der Waals surface area contributed by atoms with Crippen molar-refractivity contribution in [3.05, 3.63) is 40.1 Å². The predicted octanol–water partition coefficient (Wildman–Crippen LogP) is 2.70. The molecule has 100 valence electrons. The second-order valence-corrected chi connectivity index (χ2v) is 4.53. The van der Waals surface area contributed by atoms with E-state index in [1.165, 1.54) is 12.1 Å². The Labute approximate surface area is 114 Å². The molecule has 0 saturated heterocycles. The lowest BCUT2D eigenvalue weighted by molar-refractivity contribution is -0.384. The van der Waals surface area contributed by atoms with E-state index < -0.39 is 4.92 Å². The Balaban J connectivity index is 1.91. The van der Waals surface area contributed by atoms with Gasteiger partial charge in [0.25, 0.3) is 5.69 Å². The Morgan fingerprint density at radius 1 is 1.40 bits per heavy atom. The number of anilines is 1. The van der Waals surface area contributed by atoms with Crippen molar-refractivity contribution in [3.8, 4) is 17.5 Å². The van der Waals surface area contributed by atoms with Crippen LogP contribution in [0.1, 0.15) is 18.5 Å². The molecule has 7 heteroatoms. The van der Waals surface area contributed by atoms with Crippen LogP contribution in [0.5, 0.6) is 0 Å². The Morgan fingerprint density at radius 3 is 2.65 bits per heavy atom. The van der Waals surface area contributed by atoms with Gasteiger partial charge < -0.3 is 9.73 Å². The largest absolute Gasteiger partial charge is 0.419 e. The fourth-order valence-electron chi connectivity index (χ4n) is 1.76. The van der Waals surface area contributed by atoms with E-state index in [9.17, 15) is 10.1 Å². The van der Waals surface area contributed by atoms with Gasteiger partial charge in [0.05, 0.1) is 4.92 Å². The van der Waals surface area contributed by atoms with Crippen LogP contribution >= 0.6 is 0 Å². The molecule has 1 aliphatic rings. The number of nitrogens with one attached hydrogen (secondary N) is 1. The molecule has 1 saturated carbocycles. The Morgan fingerprint density at radius 2 is 2.10 bits per heavy atom. The van der Waals surface area contributed by atoms with Crippen molar-refractivity contribution in [2.75, 3.05) is 5.32 Å². The monoisotopic (exact) mass is 270 g/mol. The van der Waals surface area contributed by atoms with Crippen LogP contribution < -0.4 is 5.32 Å². The summed E-state index contributed by atoms with van der Waals surface area (Å²) in [5, 5.41) is 22.7. The zero-order chi connectivity index (χ0) is 14.1. The zero-order valence-electron chi connectivity index (χ0n) is 10.4. The van der Waals surface area contributed by atoms with Crippen molar-refractivity contribution in [3.63, 3.8) is 0 Å². The van der Waals surface area contributed by atoms with Gasteiger partial charge in [0.2, 0.25) is 17.5 Å². The molecule has 1 aromatic heterocycles. The lowest BCUT2D eigenvalue weighted by Crippen LogP contribution is -2.00. The maximum atomic E-state index is 10.6. The number of nitro groups is 1. The van der Waals surface area contributed by atoms with Crippen molar-refractivity contribution < 1.29 is 9.34 Å². The molecular formula is C13H10N4O3. The predicted molar refractivity (Wildman–Crippen MR) is 70.0 cm³/mol. The third-order valence-corrected chi connectivity index (χ3v) is 2.97. The third-order valence-electron chi connectivity index (χ3n) is 2.97. The fraction of sp³-hybridized carbons (Fsp3) is 0.231. The van der Waals surface area contributed by atoms with E-state index in [0.29, 0.717) is 17.5 Å². The number of non-ortho nitro benzene ring substituents is 1. The quantitative estimate of drug-likeness (QED) is 0.676. The van der Waals surface area contributed by atoms with Crippen molar-refractivity contribution in [2.24, 2.45) is 0 Å². The van der Waals surface area contributed by atoms with Crippen LogP contribution in [0.25, 0.3) is 11.5 Å². The number of hydrogen-bond acceptors (Lipinski definition) is 6. The van der Waals surface area contributed by atoms with Gasteiger partial charge >= 0.3 is 0 Å². The Kier molecular flexibility index (Phi) is 2.84. The highest BCUT2D eigenvalue weighted by molar-refractivity contribution is 5.60. The first-order chi connectivity index (χ1) is 9.67. The van der Waals surface area contributed by atoms with Gasteiger partial charge in [-0.05, 0) is 25.0 Å². The number of benzene rings is 1. The molecule has 1 aliphatic carbocycles. The summed E-state index contributed by atoms with van der Waals surface area (Å²) in [7, 11) is 0. The average molecular weight is 270 g/mol. The summed E-state index contributed by atoms with van der Waals surface area (Å²) >= 11 is 0. The minimum Gasteiger partial charge on any atom is -0.419 e. The van der Waals surface area contributed by atoms with Crippen LogP contribution in [-0.2, 0) is 0 Å². The number of nitriles is 1. The number of hydrogen-bond donors (Lipinski definition) is 1. The summed E-state index contributed by atoms with van der Waals surface area (Å²) in [4.78, 5) is 14.2. The van der Waals surface area contributed by atoms with Gasteiger partial charge in [-0.2, -0.15) is 10.2 Å². The van der Waals surface area contributed by atoms with Gasteiger partial charge in [-0.15, -0.1) is 0 Å². The van der Waals surface area contributed by atoms with Crippen molar-refractivity contribution >= 4 is 11.6 Å². The lowest BCUT2D eigenvalue weighted by Gasteiger charge is -1.98. The molecule has 3 rings (SSSR count). The van der Waals surface area contributed by atoms with E-state index >= 15 is 0 Å². The molecule has 0 radical (unpaired) electrons. The number of rotatable bonds is 4. The van der Waals surface area contributed by atoms with Crippen LogP contribution in [0.2, 0.25) is 0 Å². The highest BCUT2D eigenvalue weighted by Crippen LogP contribution is 2.30. The number of nitro benzene ring substituents is 1. The molecule has 20 heavy (non-hydrogen) atoms. The van der Waals surface area contributed by atoms with Gasteiger partial charge in [-0.25, -0.2) is 0 Å². The van der Waals surface area contributed by atoms with E-state index in [2.05, 4.69) is 10.3 Å². The van der Waals surface area contributed by atoms with Gasteiger partial charge in [-0.3, -0.25) is 10.1 Å². The van der Waals surface area contributed by atoms with Crippen LogP contribution in [0.15, 0.2) is 28.7 Å². The molecule has 0 spiro atoms. The van der Waals surface area contributed by atoms with Crippen LogP contribution in [0.4, 0.5) is 11.6 Å². The molecule has 1 N–H and O–H groups in total.